The molecule has 1 saturated heterocycles. The largest absolute Gasteiger partial charge is 0.492 e. The highest BCUT2D eigenvalue weighted by atomic mass is 32.2. The van der Waals surface area contributed by atoms with E-state index in [1.54, 1.807) is 30.3 Å². The van der Waals surface area contributed by atoms with Gasteiger partial charge in [-0.15, -0.1) is 0 Å². The second kappa shape index (κ2) is 8.74. The normalized spacial score (nSPS) is 20.0. The molecule has 0 bridgehead atoms. The van der Waals surface area contributed by atoms with E-state index >= 15 is 0 Å². The van der Waals surface area contributed by atoms with Gasteiger partial charge in [-0.25, -0.2) is 17.8 Å². The number of amides is 1. The van der Waals surface area contributed by atoms with Gasteiger partial charge in [0.25, 0.3) is 11.8 Å². The SMILES string of the molecule is Cc1ccc(S(=O)N/N=C2\CCOc3cc(C(=O)N4CCC(F)(F)CC4)ccc32)cc1. The summed E-state index contributed by atoms with van der Waals surface area (Å²) in [5, 5.41) is 4.31. The van der Waals surface area contributed by atoms with Crippen molar-refractivity contribution < 1.29 is 22.5 Å². The molecule has 31 heavy (non-hydrogen) atoms. The number of piperidine rings is 1. The Morgan fingerprint density at radius 2 is 1.87 bits per heavy atom. The standard InChI is InChI=1S/C22H23F2N3O3S/c1-15-2-5-17(6-3-15)31(29)26-25-19-8-13-30-20-14-16(4-7-18(19)20)21(28)27-11-9-22(23,24)10-12-27/h2-7,14,26H,8-13H2,1H3/b25-19+. The minimum absolute atomic E-state index is 0.0330. The number of nitrogens with zero attached hydrogens (tertiary/aromatic N) is 2. The Labute approximate surface area is 181 Å². The fourth-order valence-electron chi connectivity index (χ4n) is 3.55. The lowest BCUT2D eigenvalue weighted by molar-refractivity contribution is -0.0494. The number of hydrogen-bond donors (Lipinski definition) is 1. The van der Waals surface area contributed by atoms with Crippen LogP contribution >= 0.6 is 0 Å². The third kappa shape index (κ3) is 4.92. The number of carbonyl (C=O) groups is 1. The first-order valence-electron chi connectivity index (χ1n) is 10.1. The number of halogens is 2. The lowest BCUT2D eigenvalue weighted by Gasteiger charge is -2.32. The number of hydrogen-bond acceptors (Lipinski definition) is 4. The maximum Gasteiger partial charge on any atom is 0.253 e. The summed E-state index contributed by atoms with van der Waals surface area (Å²) >= 11 is 0. The summed E-state index contributed by atoms with van der Waals surface area (Å²) in [6, 6.07) is 12.3. The van der Waals surface area contributed by atoms with Gasteiger partial charge in [0.1, 0.15) is 5.75 Å². The first-order valence-corrected chi connectivity index (χ1v) is 11.2. The van der Waals surface area contributed by atoms with Gasteiger partial charge < -0.3 is 9.64 Å². The lowest BCUT2D eigenvalue weighted by Crippen LogP contribution is -2.42. The van der Waals surface area contributed by atoms with Crippen molar-refractivity contribution in [2.75, 3.05) is 19.7 Å². The Kier molecular flexibility index (Phi) is 6.04. The van der Waals surface area contributed by atoms with Crippen molar-refractivity contribution in [1.29, 1.82) is 0 Å². The summed E-state index contributed by atoms with van der Waals surface area (Å²) in [5.74, 6) is -2.49. The van der Waals surface area contributed by atoms with Crippen LogP contribution in [0, 0.1) is 6.92 Å². The predicted molar refractivity (Wildman–Crippen MR) is 114 cm³/mol. The maximum atomic E-state index is 13.4. The number of fused-ring (bicyclic) bond motifs is 1. The maximum absolute atomic E-state index is 13.4. The van der Waals surface area contributed by atoms with E-state index in [2.05, 4.69) is 9.93 Å². The Hall–Kier alpha value is -2.81. The van der Waals surface area contributed by atoms with Gasteiger partial charge >= 0.3 is 0 Å². The zero-order valence-corrected chi connectivity index (χ0v) is 17.9. The molecule has 1 amide bonds. The third-order valence-electron chi connectivity index (χ3n) is 5.42. The molecule has 2 aromatic rings. The number of carbonyl (C=O) groups excluding carboxylic acids is 1. The van der Waals surface area contributed by atoms with Crippen molar-refractivity contribution in [3.63, 3.8) is 0 Å². The number of rotatable bonds is 4. The van der Waals surface area contributed by atoms with Crippen LogP contribution in [0.15, 0.2) is 52.5 Å². The van der Waals surface area contributed by atoms with Crippen LogP contribution in [0.1, 0.15) is 40.7 Å². The van der Waals surface area contributed by atoms with Crippen LogP contribution in [-0.2, 0) is 11.0 Å². The molecule has 1 atom stereocenters. The molecule has 164 valence electrons. The summed E-state index contributed by atoms with van der Waals surface area (Å²) in [6.45, 7) is 2.40. The number of hydrazone groups is 1. The van der Waals surface area contributed by atoms with E-state index in [1.807, 2.05) is 19.1 Å². The van der Waals surface area contributed by atoms with Crippen molar-refractivity contribution in [3.8, 4) is 5.75 Å². The van der Waals surface area contributed by atoms with Gasteiger partial charge in [-0.3, -0.25) is 4.79 Å². The van der Waals surface area contributed by atoms with Crippen LogP contribution in [-0.4, -0.2) is 46.3 Å². The molecule has 1 N–H and O–H groups in total. The molecular formula is C22H23F2N3O3S. The molecule has 0 spiro atoms. The van der Waals surface area contributed by atoms with Crippen molar-refractivity contribution in [2.24, 2.45) is 5.10 Å². The van der Waals surface area contributed by atoms with Crippen LogP contribution < -0.4 is 9.57 Å². The van der Waals surface area contributed by atoms with Gasteiger partial charge in [-0.2, -0.15) is 5.10 Å². The zero-order valence-electron chi connectivity index (χ0n) is 17.1. The Morgan fingerprint density at radius 1 is 1.16 bits per heavy atom. The number of ether oxygens (including phenoxy) is 1. The molecule has 2 aromatic carbocycles. The van der Waals surface area contributed by atoms with E-state index in [9.17, 15) is 17.8 Å². The smallest absolute Gasteiger partial charge is 0.253 e. The monoisotopic (exact) mass is 447 g/mol. The molecule has 0 radical (unpaired) electrons. The number of nitrogens with one attached hydrogen (secondary N) is 1. The van der Waals surface area contributed by atoms with Crippen molar-refractivity contribution in [3.05, 3.63) is 59.2 Å². The van der Waals surface area contributed by atoms with Gasteiger partial charge in [-0.1, -0.05) is 17.7 Å². The zero-order chi connectivity index (χ0) is 22.0. The van der Waals surface area contributed by atoms with Crippen molar-refractivity contribution >= 4 is 22.6 Å². The van der Waals surface area contributed by atoms with E-state index < -0.39 is 16.9 Å². The van der Waals surface area contributed by atoms with Crippen molar-refractivity contribution in [1.82, 2.24) is 9.73 Å². The Morgan fingerprint density at radius 3 is 2.58 bits per heavy atom. The minimum Gasteiger partial charge on any atom is -0.492 e. The predicted octanol–water partition coefficient (Wildman–Crippen LogP) is 3.67. The minimum atomic E-state index is -2.70. The highest BCUT2D eigenvalue weighted by Crippen LogP contribution is 2.30. The molecule has 2 aliphatic heterocycles. The Bertz CT molecular complexity index is 1030. The first kappa shape index (κ1) is 21.4. The third-order valence-corrected chi connectivity index (χ3v) is 6.37. The molecule has 0 saturated carbocycles. The average molecular weight is 448 g/mol. The summed E-state index contributed by atoms with van der Waals surface area (Å²) in [5.41, 5.74) is 2.86. The quantitative estimate of drug-likeness (QED) is 0.727. The number of aryl methyl sites for hydroxylation is 1. The second-order valence-corrected chi connectivity index (χ2v) is 8.88. The summed E-state index contributed by atoms with van der Waals surface area (Å²) < 4.78 is 44.9. The van der Waals surface area contributed by atoms with Gasteiger partial charge in [0.2, 0.25) is 0 Å². The highest BCUT2D eigenvalue weighted by Gasteiger charge is 2.36. The molecule has 4 rings (SSSR count). The molecule has 0 aliphatic carbocycles. The molecule has 0 aromatic heterocycles. The molecule has 9 heteroatoms. The Balaban J connectivity index is 1.48. The van der Waals surface area contributed by atoms with Gasteiger partial charge in [0, 0.05) is 43.5 Å². The summed E-state index contributed by atoms with van der Waals surface area (Å²) in [4.78, 5) is 17.5. The molecule has 1 unspecified atom stereocenters. The summed E-state index contributed by atoms with van der Waals surface area (Å²) in [7, 11) is -1.49. The van der Waals surface area contributed by atoms with Crippen LogP contribution in [0.2, 0.25) is 0 Å². The van der Waals surface area contributed by atoms with Crippen LogP contribution in [0.25, 0.3) is 0 Å². The van der Waals surface area contributed by atoms with Gasteiger partial charge in [-0.05, 0) is 37.3 Å². The molecule has 2 heterocycles. The molecule has 2 aliphatic rings. The topological polar surface area (TPSA) is 71.0 Å². The van der Waals surface area contributed by atoms with Crippen LogP contribution in [0.5, 0.6) is 5.75 Å². The van der Waals surface area contributed by atoms with Crippen molar-refractivity contribution in [2.45, 2.75) is 37.0 Å². The fourth-order valence-corrected chi connectivity index (χ4v) is 4.23. The van der Waals surface area contributed by atoms with E-state index in [-0.39, 0.29) is 31.8 Å². The van der Waals surface area contributed by atoms with Gasteiger partial charge in [0.05, 0.1) is 17.2 Å². The van der Waals surface area contributed by atoms with Crippen LogP contribution in [0.4, 0.5) is 8.78 Å². The summed E-state index contributed by atoms with van der Waals surface area (Å²) in [6.07, 6.45) is -0.110. The van der Waals surface area contributed by atoms with E-state index in [0.29, 0.717) is 40.5 Å². The average Bonchev–Trinajstić information content (AvgIpc) is 2.77. The number of benzene rings is 2. The number of alkyl halides is 2. The van der Waals surface area contributed by atoms with Gasteiger partial charge in [0.15, 0.2) is 11.0 Å². The van der Waals surface area contributed by atoms with Crippen LogP contribution in [0.3, 0.4) is 0 Å². The van der Waals surface area contributed by atoms with E-state index in [1.165, 1.54) is 4.90 Å². The number of likely N-dealkylation sites (tertiary alicyclic amines) is 1. The first-order chi connectivity index (χ1) is 14.8. The highest BCUT2D eigenvalue weighted by molar-refractivity contribution is 7.83. The van der Waals surface area contributed by atoms with E-state index in [0.717, 1.165) is 5.56 Å². The second-order valence-electron chi connectivity index (χ2n) is 7.69. The fraction of sp³-hybridized carbons (Fsp3) is 0.364. The molecule has 1 fully saturated rings. The van der Waals surface area contributed by atoms with E-state index in [4.69, 9.17) is 4.74 Å². The molecule has 6 nitrogen and oxygen atoms in total. The molecular weight excluding hydrogens is 424 g/mol. The lowest BCUT2D eigenvalue weighted by atomic mass is 10.0.